The Morgan fingerprint density at radius 2 is 2.06 bits per heavy atom. The standard InChI is InChI=1S/C12H15BrN2O/c1-15(12(16)14-11-6-7-11)8-9-2-4-10(13)5-3-9/h2-5,11H,6-8H2,1H3,(H,14,16). The molecular formula is C12H15BrN2O. The highest BCUT2D eigenvalue weighted by Gasteiger charge is 2.24. The number of amides is 2. The minimum atomic E-state index is 0.0189. The van der Waals surface area contributed by atoms with Crippen LogP contribution in [0.5, 0.6) is 0 Å². The summed E-state index contributed by atoms with van der Waals surface area (Å²) in [7, 11) is 1.82. The number of halogens is 1. The van der Waals surface area contributed by atoms with Crippen LogP contribution < -0.4 is 5.32 Å². The summed E-state index contributed by atoms with van der Waals surface area (Å²) >= 11 is 3.39. The van der Waals surface area contributed by atoms with E-state index < -0.39 is 0 Å². The lowest BCUT2D eigenvalue weighted by atomic mass is 10.2. The minimum absolute atomic E-state index is 0.0189. The van der Waals surface area contributed by atoms with Crippen LogP contribution in [-0.2, 0) is 6.54 Å². The van der Waals surface area contributed by atoms with E-state index in [1.165, 1.54) is 0 Å². The SMILES string of the molecule is CN(Cc1ccc(Br)cc1)C(=O)NC1CC1. The first-order valence-electron chi connectivity index (χ1n) is 5.41. The number of nitrogens with one attached hydrogen (secondary N) is 1. The molecule has 1 aliphatic rings. The maximum Gasteiger partial charge on any atom is 0.317 e. The molecule has 1 saturated carbocycles. The average molecular weight is 283 g/mol. The maximum absolute atomic E-state index is 11.7. The molecule has 2 amide bonds. The molecule has 0 heterocycles. The Kier molecular flexibility index (Phi) is 3.49. The van der Waals surface area contributed by atoms with Gasteiger partial charge in [-0.05, 0) is 30.5 Å². The predicted molar refractivity (Wildman–Crippen MR) is 67.2 cm³/mol. The Morgan fingerprint density at radius 1 is 1.44 bits per heavy atom. The minimum Gasteiger partial charge on any atom is -0.335 e. The number of hydrogen-bond acceptors (Lipinski definition) is 1. The van der Waals surface area contributed by atoms with Gasteiger partial charge in [-0.2, -0.15) is 0 Å². The van der Waals surface area contributed by atoms with Gasteiger partial charge in [-0.3, -0.25) is 0 Å². The molecule has 4 heteroatoms. The van der Waals surface area contributed by atoms with Crippen LogP contribution in [0.1, 0.15) is 18.4 Å². The van der Waals surface area contributed by atoms with Crippen LogP contribution in [0.2, 0.25) is 0 Å². The Morgan fingerprint density at radius 3 is 2.62 bits per heavy atom. The number of carbonyl (C=O) groups is 1. The summed E-state index contributed by atoms with van der Waals surface area (Å²) in [6, 6.07) is 8.45. The molecule has 0 aliphatic heterocycles. The van der Waals surface area contributed by atoms with E-state index in [4.69, 9.17) is 0 Å². The molecule has 1 N–H and O–H groups in total. The molecule has 1 fully saturated rings. The van der Waals surface area contributed by atoms with Crippen molar-refractivity contribution in [1.29, 1.82) is 0 Å². The van der Waals surface area contributed by atoms with E-state index in [1.54, 1.807) is 4.90 Å². The lowest BCUT2D eigenvalue weighted by Gasteiger charge is -2.17. The van der Waals surface area contributed by atoms with E-state index in [0.29, 0.717) is 12.6 Å². The second-order valence-electron chi connectivity index (χ2n) is 4.21. The molecule has 86 valence electrons. The molecule has 2 rings (SSSR count). The first-order chi connectivity index (χ1) is 7.65. The van der Waals surface area contributed by atoms with Crippen molar-refractivity contribution < 1.29 is 4.79 Å². The van der Waals surface area contributed by atoms with Crippen molar-refractivity contribution in [1.82, 2.24) is 10.2 Å². The van der Waals surface area contributed by atoms with Crippen LogP contribution in [0.15, 0.2) is 28.7 Å². The summed E-state index contributed by atoms with van der Waals surface area (Å²) in [5.74, 6) is 0. The fourth-order valence-corrected chi connectivity index (χ4v) is 1.71. The molecule has 0 unspecified atom stereocenters. The van der Waals surface area contributed by atoms with E-state index in [0.717, 1.165) is 22.9 Å². The number of benzene rings is 1. The molecule has 0 aromatic heterocycles. The second kappa shape index (κ2) is 4.87. The van der Waals surface area contributed by atoms with Gasteiger partial charge in [-0.1, -0.05) is 28.1 Å². The Balaban J connectivity index is 1.87. The summed E-state index contributed by atoms with van der Waals surface area (Å²) in [6.07, 6.45) is 2.25. The smallest absolute Gasteiger partial charge is 0.317 e. The van der Waals surface area contributed by atoms with Crippen molar-refractivity contribution in [3.8, 4) is 0 Å². The zero-order valence-corrected chi connectivity index (χ0v) is 10.8. The quantitative estimate of drug-likeness (QED) is 0.909. The van der Waals surface area contributed by atoms with Crippen LogP contribution in [0.3, 0.4) is 0 Å². The van der Waals surface area contributed by atoms with Crippen molar-refractivity contribution in [3.05, 3.63) is 34.3 Å². The summed E-state index contributed by atoms with van der Waals surface area (Å²) in [4.78, 5) is 13.4. The van der Waals surface area contributed by atoms with Crippen molar-refractivity contribution in [2.45, 2.75) is 25.4 Å². The zero-order valence-electron chi connectivity index (χ0n) is 9.24. The summed E-state index contributed by atoms with van der Waals surface area (Å²) in [5, 5.41) is 2.96. The van der Waals surface area contributed by atoms with Gasteiger partial charge in [0.25, 0.3) is 0 Å². The summed E-state index contributed by atoms with van der Waals surface area (Å²) < 4.78 is 1.06. The predicted octanol–water partition coefficient (Wildman–Crippen LogP) is 2.75. The third kappa shape index (κ3) is 3.23. The highest BCUT2D eigenvalue weighted by atomic mass is 79.9. The van der Waals surface area contributed by atoms with Crippen LogP contribution in [0, 0.1) is 0 Å². The molecule has 1 aromatic carbocycles. The largest absolute Gasteiger partial charge is 0.335 e. The lowest BCUT2D eigenvalue weighted by molar-refractivity contribution is 0.206. The third-order valence-electron chi connectivity index (χ3n) is 2.58. The van der Waals surface area contributed by atoms with Crippen LogP contribution >= 0.6 is 15.9 Å². The maximum atomic E-state index is 11.7. The van der Waals surface area contributed by atoms with Crippen molar-refractivity contribution in [2.24, 2.45) is 0 Å². The molecule has 0 spiro atoms. The van der Waals surface area contributed by atoms with E-state index in [1.807, 2.05) is 31.3 Å². The molecule has 0 bridgehead atoms. The molecule has 0 saturated heterocycles. The zero-order chi connectivity index (χ0) is 11.5. The average Bonchev–Trinajstić information content (AvgIpc) is 3.05. The molecule has 3 nitrogen and oxygen atoms in total. The first kappa shape index (κ1) is 11.5. The van der Waals surface area contributed by atoms with Crippen molar-refractivity contribution >= 4 is 22.0 Å². The number of hydrogen-bond donors (Lipinski definition) is 1. The third-order valence-corrected chi connectivity index (χ3v) is 3.11. The van der Waals surface area contributed by atoms with Gasteiger partial charge in [-0.25, -0.2) is 4.79 Å². The first-order valence-corrected chi connectivity index (χ1v) is 6.20. The number of rotatable bonds is 3. The molecule has 1 aromatic rings. The normalized spacial score (nSPS) is 14.6. The van der Waals surface area contributed by atoms with Gasteiger partial charge in [0.15, 0.2) is 0 Å². The van der Waals surface area contributed by atoms with Gasteiger partial charge < -0.3 is 10.2 Å². The van der Waals surface area contributed by atoms with Crippen molar-refractivity contribution in [3.63, 3.8) is 0 Å². The van der Waals surface area contributed by atoms with Crippen molar-refractivity contribution in [2.75, 3.05) is 7.05 Å². The van der Waals surface area contributed by atoms with E-state index in [-0.39, 0.29) is 6.03 Å². The van der Waals surface area contributed by atoms with E-state index in [2.05, 4.69) is 21.2 Å². The Labute approximate surface area is 104 Å². The second-order valence-corrected chi connectivity index (χ2v) is 5.12. The van der Waals surface area contributed by atoms with Gasteiger partial charge in [0.05, 0.1) is 0 Å². The number of carbonyl (C=O) groups excluding carboxylic acids is 1. The molecule has 1 aliphatic carbocycles. The summed E-state index contributed by atoms with van der Waals surface area (Å²) in [6.45, 7) is 0.645. The summed E-state index contributed by atoms with van der Waals surface area (Å²) in [5.41, 5.74) is 1.14. The van der Waals surface area contributed by atoms with Gasteiger partial charge in [0, 0.05) is 24.1 Å². The van der Waals surface area contributed by atoms with Crippen LogP contribution in [0.25, 0.3) is 0 Å². The van der Waals surface area contributed by atoms with Crippen LogP contribution in [0.4, 0.5) is 4.79 Å². The fourth-order valence-electron chi connectivity index (χ4n) is 1.45. The van der Waals surface area contributed by atoms with E-state index >= 15 is 0 Å². The van der Waals surface area contributed by atoms with Gasteiger partial charge >= 0.3 is 6.03 Å². The van der Waals surface area contributed by atoms with Gasteiger partial charge in [-0.15, -0.1) is 0 Å². The monoisotopic (exact) mass is 282 g/mol. The number of urea groups is 1. The van der Waals surface area contributed by atoms with Gasteiger partial charge in [0.1, 0.15) is 0 Å². The Bertz CT molecular complexity index is 373. The molecular weight excluding hydrogens is 268 g/mol. The van der Waals surface area contributed by atoms with Crippen LogP contribution in [-0.4, -0.2) is 24.0 Å². The number of nitrogens with zero attached hydrogens (tertiary/aromatic N) is 1. The fraction of sp³-hybridized carbons (Fsp3) is 0.417. The molecule has 16 heavy (non-hydrogen) atoms. The molecule has 0 radical (unpaired) electrons. The Hall–Kier alpha value is -1.03. The molecule has 0 atom stereocenters. The topological polar surface area (TPSA) is 32.3 Å². The van der Waals surface area contributed by atoms with Gasteiger partial charge in [0.2, 0.25) is 0 Å². The highest BCUT2D eigenvalue weighted by molar-refractivity contribution is 9.10. The highest BCUT2D eigenvalue weighted by Crippen LogP contribution is 2.19. The lowest BCUT2D eigenvalue weighted by Crippen LogP contribution is -2.37. The van der Waals surface area contributed by atoms with E-state index in [9.17, 15) is 4.79 Å².